The third kappa shape index (κ3) is 2.75. The van der Waals surface area contributed by atoms with Crippen LogP contribution in [0.5, 0.6) is 0 Å². The monoisotopic (exact) mass is 261 g/mol. The molecule has 0 saturated heterocycles. The first-order valence-corrected chi connectivity index (χ1v) is 7.02. The van der Waals surface area contributed by atoms with Crippen molar-refractivity contribution in [2.45, 2.75) is 46.0 Å². The summed E-state index contributed by atoms with van der Waals surface area (Å²) in [4.78, 5) is 11.3. The van der Waals surface area contributed by atoms with Crippen molar-refractivity contribution in [3.05, 3.63) is 29.3 Å². The molecule has 1 aliphatic carbocycles. The maximum atomic E-state index is 11.3. The molecule has 0 spiro atoms. The van der Waals surface area contributed by atoms with Crippen LogP contribution in [-0.2, 0) is 4.79 Å². The maximum Gasteiger partial charge on any atom is 0.311 e. The van der Waals surface area contributed by atoms with Crippen molar-refractivity contribution >= 4 is 11.7 Å². The molecule has 2 rings (SSSR count). The summed E-state index contributed by atoms with van der Waals surface area (Å²) < 4.78 is 0. The van der Waals surface area contributed by atoms with Gasteiger partial charge in [0, 0.05) is 12.2 Å². The van der Waals surface area contributed by atoms with Crippen LogP contribution in [-0.4, -0.2) is 17.6 Å². The van der Waals surface area contributed by atoms with Crippen LogP contribution in [0, 0.1) is 12.3 Å². The number of rotatable bonds is 5. The smallest absolute Gasteiger partial charge is 0.311 e. The molecule has 0 bridgehead atoms. The highest BCUT2D eigenvalue weighted by molar-refractivity contribution is 5.76. The summed E-state index contributed by atoms with van der Waals surface area (Å²) in [6, 6.07) is 6.39. The van der Waals surface area contributed by atoms with Crippen LogP contribution in [0.3, 0.4) is 0 Å². The SMILES string of the molecule is Cc1ccc(C(C)C)cc1NCC1(C(=O)O)CCC1. The number of hydrogen-bond acceptors (Lipinski definition) is 2. The Kier molecular flexibility index (Phi) is 3.83. The van der Waals surface area contributed by atoms with Crippen molar-refractivity contribution in [3.63, 3.8) is 0 Å². The predicted octanol–water partition coefficient (Wildman–Crippen LogP) is 3.79. The van der Waals surface area contributed by atoms with E-state index in [9.17, 15) is 9.90 Å². The molecular formula is C16H23NO2. The van der Waals surface area contributed by atoms with E-state index in [1.165, 1.54) is 11.1 Å². The Bertz CT molecular complexity index is 476. The molecule has 1 aromatic carbocycles. The van der Waals surface area contributed by atoms with E-state index >= 15 is 0 Å². The third-order valence-electron chi connectivity index (χ3n) is 4.31. The van der Waals surface area contributed by atoms with E-state index in [1.807, 2.05) is 0 Å². The van der Waals surface area contributed by atoms with Gasteiger partial charge < -0.3 is 10.4 Å². The summed E-state index contributed by atoms with van der Waals surface area (Å²) in [6.07, 6.45) is 2.61. The quantitative estimate of drug-likeness (QED) is 0.848. The summed E-state index contributed by atoms with van der Waals surface area (Å²) in [6.45, 7) is 6.92. The second-order valence-corrected chi connectivity index (χ2v) is 6.02. The standard InChI is InChI=1S/C16H23NO2/c1-11(2)13-6-5-12(3)14(9-13)17-10-16(15(18)19)7-4-8-16/h5-6,9,11,17H,4,7-8,10H2,1-3H3,(H,18,19). The molecule has 2 N–H and O–H groups in total. The Morgan fingerprint density at radius 3 is 2.58 bits per heavy atom. The summed E-state index contributed by atoms with van der Waals surface area (Å²) in [5.41, 5.74) is 2.98. The van der Waals surface area contributed by atoms with Gasteiger partial charge in [0.25, 0.3) is 0 Å². The zero-order valence-electron chi connectivity index (χ0n) is 12.0. The zero-order chi connectivity index (χ0) is 14.0. The largest absolute Gasteiger partial charge is 0.481 e. The van der Waals surface area contributed by atoms with Crippen molar-refractivity contribution in [1.29, 1.82) is 0 Å². The first kappa shape index (κ1) is 13.9. The van der Waals surface area contributed by atoms with Gasteiger partial charge in [-0.25, -0.2) is 0 Å². The topological polar surface area (TPSA) is 49.3 Å². The Labute approximate surface area is 115 Å². The van der Waals surface area contributed by atoms with E-state index in [2.05, 4.69) is 44.3 Å². The molecule has 3 heteroatoms. The Morgan fingerprint density at radius 1 is 1.42 bits per heavy atom. The van der Waals surface area contributed by atoms with E-state index in [0.717, 1.165) is 24.9 Å². The lowest BCUT2D eigenvalue weighted by molar-refractivity contribution is -0.153. The van der Waals surface area contributed by atoms with Gasteiger partial charge in [0.15, 0.2) is 0 Å². The lowest BCUT2D eigenvalue weighted by Gasteiger charge is -2.38. The molecular weight excluding hydrogens is 238 g/mol. The van der Waals surface area contributed by atoms with Gasteiger partial charge in [0.05, 0.1) is 5.41 Å². The summed E-state index contributed by atoms with van der Waals surface area (Å²) in [5, 5.41) is 12.7. The third-order valence-corrected chi connectivity index (χ3v) is 4.31. The first-order chi connectivity index (χ1) is 8.94. The fourth-order valence-corrected chi connectivity index (χ4v) is 2.52. The van der Waals surface area contributed by atoms with Gasteiger partial charge in [0.1, 0.15) is 0 Å². The van der Waals surface area contributed by atoms with Crippen LogP contribution >= 0.6 is 0 Å². The minimum atomic E-state index is -0.663. The number of aryl methyl sites for hydroxylation is 1. The van der Waals surface area contributed by atoms with Crippen molar-refractivity contribution in [1.82, 2.24) is 0 Å². The number of carboxylic acid groups (broad SMARTS) is 1. The molecule has 0 radical (unpaired) electrons. The first-order valence-electron chi connectivity index (χ1n) is 7.02. The number of benzene rings is 1. The van der Waals surface area contributed by atoms with E-state index < -0.39 is 11.4 Å². The van der Waals surface area contributed by atoms with Crippen LogP contribution in [0.1, 0.15) is 50.2 Å². The maximum absolute atomic E-state index is 11.3. The normalized spacial score (nSPS) is 17.1. The second-order valence-electron chi connectivity index (χ2n) is 6.02. The number of carboxylic acids is 1. The molecule has 1 aromatic rings. The number of nitrogens with one attached hydrogen (secondary N) is 1. The summed E-state index contributed by atoms with van der Waals surface area (Å²) in [7, 11) is 0. The molecule has 0 unspecified atom stereocenters. The molecule has 1 saturated carbocycles. The molecule has 0 amide bonds. The van der Waals surface area contributed by atoms with Gasteiger partial charge in [-0.3, -0.25) is 4.79 Å². The van der Waals surface area contributed by atoms with Gasteiger partial charge in [-0.2, -0.15) is 0 Å². The number of carbonyl (C=O) groups is 1. The lowest BCUT2D eigenvalue weighted by atomic mass is 9.68. The Morgan fingerprint density at radius 2 is 2.11 bits per heavy atom. The van der Waals surface area contributed by atoms with Crippen molar-refractivity contribution in [3.8, 4) is 0 Å². The number of anilines is 1. The molecule has 0 atom stereocenters. The lowest BCUT2D eigenvalue weighted by Crippen LogP contribution is -2.43. The fraction of sp³-hybridized carbons (Fsp3) is 0.562. The van der Waals surface area contributed by atoms with E-state index in [-0.39, 0.29) is 0 Å². The van der Waals surface area contributed by atoms with Crippen molar-refractivity contribution < 1.29 is 9.90 Å². The van der Waals surface area contributed by atoms with Crippen LogP contribution in [0.15, 0.2) is 18.2 Å². The number of hydrogen-bond donors (Lipinski definition) is 2. The summed E-state index contributed by atoms with van der Waals surface area (Å²) >= 11 is 0. The highest BCUT2D eigenvalue weighted by atomic mass is 16.4. The van der Waals surface area contributed by atoms with Crippen molar-refractivity contribution in [2.75, 3.05) is 11.9 Å². The zero-order valence-corrected chi connectivity index (χ0v) is 12.0. The van der Waals surface area contributed by atoms with Gasteiger partial charge in [-0.1, -0.05) is 32.4 Å². The molecule has 0 aliphatic heterocycles. The highest BCUT2D eigenvalue weighted by Gasteiger charge is 2.44. The average molecular weight is 261 g/mol. The molecule has 0 heterocycles. The van der Waals surface area contributed by atoms with Crippen LogP contribution < -0.4 is 5.32 Å². The number of aliphatic carboxylic acids is 1. The van der Waals surface area contributed by atoms with E-state index in [0.29, 0.717) is 12.5 Å². The average Bonchev–Trinajstić information content (AvgIpc) is 2.29. The van der Waals surface area contributed by atoms with Gasteiger partial charge in [-0.15, -0.1) is 0 Å². The Balaban J connectivity index is 2.10. The van der Waals surface area contributed by atoms with Crippen LogP contribution in [0.4, 0.5) is 5.69 Å². The minimum Gasteiger partial charge on any atom is -0.481 e. The second kappa shape index (κ2) is 5.24. The summed E-state index contributed by atoms with van der Waals surface area (Å²) in [5.74, 6) is -0.179. The molecule has 19 heavy (non-hydrogen) atoms. The fourth-order valence-electron chi connectivity index (χ4n) is 2.52. The minimum absolute atomic E-state index is 0.485. The Hall–Kier alpha value is -1.51. The predicted molar refractivity (Wildman–Crippen MR) is 77.7 cm³/mol. The molecule has 1 aliphatic rings. The van der Waals surface area contributed by atoms with Gasteiger partial charge in [-0.05, 0) is 42.9 Å². The van der Waals surface area contributed by atoms with E-state index in [1.54, 1.807) is 0 Å². The van der Waals surface area contributed by atoms with Crippen LogP contribution in [0.2, 0.25) is 0 Å². The molecule has 104 valence electrons. The van der Waals surface area contributed by atoms with Gasteiger partial charge >= 0.3 is 5.97 Å². The highest BCUT2D eigenvalue weighted by Crippen LogP contribution is 2.41. The van der Waals surface area contributed by atoms with Gasteiger partial charge in [0.2, 0.25) is 0 Å². The van der Waals surface area contributed by atoms with E-state index in [4.69, 9.17) is 0 Å². The van der Waals surface area contributed by atoms with Crippen LogP contribution in [0.25, 0.3) is 0 Å². The molecule has 0 aromatic heterocycles. The van der Waals surface area contributed by atoms with Crippen molar-refractivity contribution in [2.24, 2.45) is 5.41 Å². The molecule has 3 nitrogen and oxygen atoms in total. The molecule has 1 fully saturated rings.